The van der Waals surface area contributed by atoms with Crippen molar-refractivity contribution in [1.29, 1.82) is 0 Å². The number of halogens is 1. The molecule has 0 aliphatic heterocycles. The first kappa shape index (κ1) is 15.1. The first-order chi connectivity index (χ1) is 8.00. The fourth-order valence-electron chi connectivity index (χ4n) is 1.41. The van der Waals surface area contributed by atoms with Gasteiger partial charge in [-0.2, -0.15) is 0 Å². The Morgan fingerprint density at radius 2 is 1.72 bits per heavy atom. The van der Waals surface area contributed by atoms with Crippen molar-refractivity contribution in [3.8, 4) is 11.5 Å². The van der Waals surface area contributed by atoms with Crippen LogP contribution < -0.4 is 5.73 Å². The lowest BCUT2D eigenvalue weighted by molar-refractivity contribution is 0.590. The van der Waals surface area contributed by atoms with E-state index in [1.807, 2.05) is 6.07 Å². The summed E-state index contributed by atoms with van der Waals surface area (Å²) in [6.45, 7) is 13.1. The largest absolute Gasteiger partial charge is 0.397 e. The molecule has 0 aliphatic carbocycles. The zero-order chi connectivity index (χ0) is 14.1. The van der Waals surface area contributed by atoms with Gasteiger partial charge in [0.2, 0.25) is 0 Å². The number of rotatable bonds is 0. The molecule has 0 bridgehead atoms. The van der Waals surface area contributed by atoms with E-state index in [4.69, 9.17) is 17.3 Å². The molecule has 1 aromatic carbocycles. The molecule has 0 saturated heterocycles. The topological polar surface area (TPSA) is 26.0 Å². The average Bonchev–Trinajstić information content (AvgIpc) is 2.17. The van der Waals surface area contributed by atoms with E-state index >= 15 is 0 Å². The molecule has 0 radical (unpaired) electrons. The van der Waals surface area contributed by atoms with Gasteiger partial charge in [0, 0.05) is 5.56 Å². The van der Waals surface area contributed by atoms with Crippen LogP contribution in [0.4, 0.5) is 5.69 Å². The fourth-order valence-corrected chi connectivity index (χ4v) is 2.14. The maximum absolute atomic E-state index is 6.19. The summed E-state index contributed by atoms with van der Waals surface area (Å²) in [4.78, 5) is 0. The highest BCUT2D eigenvalue weighted by Crippen LogP contribution is 2.31. The summed E-state index contributed by atoms with van der Waals surface area (Å²) >= 11 is 6.19. The Bertz CT molecular complexity index is 510. The van der Waals surface area contributed by atoms with E-state index in [1.165, 1.54) is 5.56 Å². The highest BCUT2D eigenvalue weighted by atomic mass is 35.5. The van der Waals surface area contributed by atoms with E-state index in [0.717, 1.165) is 5.56 Å². The van der Waals surface area contributed by atoms with Crippen molar-refractivity contribution in [3.63, 3.8) is 0 Å². The molecule has 18 heavy (non-hydrogen) atoms. The van der Waals surface area contributed by atoms with E-state index < -0.39 is 8.07 Å². The molecule has 3 heteroatoms. The van der Waals surface area contributed by atoms with E-state index in [-0.39, 0.29) is 5.41 Å². The van der Waals surface area contributed by atoms with Crippen LogP contribution in [0.5, 0.6) is 0 Å². The maximum atomic E-state index is 6.19. The zero-order valence-corrected chi connectivity index (χ0v) is 13.9. The van der Waals surface area contributed by atoms with E-state index in [0.29, 0.717) is 10.7 Å². The van der Waals surface area contributed by atoms with Crippen LogP contribution in [0, 0.1) is 11.5 Å². The second-order valence-corrected chi connectivity index (χ2v) is 11.8. The van der Waals surface area contributed by atoms with Crippen molar-refractivity contribution in [2.45, 2.75) is 45.8 Å². The summed E-state index contributed by atoms with van der Waals surface area (Å²) in [6, 6.07) is 4.00. The van der Waals surface area contributed by atoms with Crippen molar-refractivity contribution in [1.82, 2.24) is 0 Å². The van der Waals surface area contributed by atoms with E-state index in [1.54, 1.807) is 0 Å². The lowest BCUT2D eigenvalue weighted by Gasteiger charge is -2.20. The Morgan fingerprint density at radius 3 is 2.17 bits per heavy atom. The van der Waals surface area contributed by atoms with Crippen LogP contribution in [0.15, 0.2) is 12.1 Å². The first-order valence-electron chi connectivity index (χ1n) is 6.13. The highest BCUT2D eigenvalue weighted by molar-refractivity contribution is 6.83. The van der Waals surface area contributed by atoms with Crippen molar-refractivity contribution < 1.29 is 0 Å². The Labute approximate surface area is 117 Å². The number of nitrogens with two attached hydrogens (primary N) is 1. The summed E-state index contributed by atoms with van der Waals surface area (Å²) < 4.78 is 0. The van der Waals surface area contributed by atoms with Gasteiger partial charge in [-0.25, -0.2) is 0 Å². The summed E-state index contributed by atoms with van der Waals surface area (Å²) in [5, 5.41) is 0.599. The van der Waals surface area contributed by atoms with Gasteiger partial charge in [0.05, 0.1) is 10.7 Å². The molecule has 0 aliphatic rings. The van der Waals surface area contributed by atoms with Gasteiger partial charge in [0.25, 0.3) is 0 Å². The van der Waals surface area contributed by atoms with Crippen LogP contribution in [0.1, 0.15) is 31.9 Å². The normalized spacial score (nSPS) is 11.9. The molecule has 2 N–H and O–H groups in total. The first-order valence-corrected chi connectivity index (χ1v) is 10.0. The minimum Gasteiger partial charge on any atom is -0.397 e. The van der Waals surface area contributed by atoms with Crippen LogP contribution in [-0.2, 0) is 5.41 Å². The van der Waals surface area contributed by atoms with Gasteiger partial charge in [0.1, 0.15) is 8.07 Å². The third kappa shape index (κ3) is 4.08. The zero-order valence-electron chi connectivity index (χ0n) is 12.1. The molecular formula is C15H22ClNSi. The van der Waals surface area contributed by atoms with E-state index in [2.05, 4.69) is 57.9 Å². The second-order valence-electron chi connectivity index (χ2n) is 6.67. The Morgan fingerprint density at radius 1 is 1.17 bits per heavy atom. The lowest BCUT2D eigenvalue weighted by atomic mass is 9.86. The monoisotopic (exact) mass is 279 g/mol. The van der Waals surface area contributed by atoms with Gasteiger partial charge in [-0.3, -0.25) is 0 Å². The van der Waals surface area contributed by atoms with Crippen molar-refractivity contribution >= 4 is 25.4 Å². The number of anilines is 1. The molecule has 1 rings (SSSR count). The molecule has 0 aromatic heterocycles. The van der Waals surface area contributed by atoms with Crippen molar-refractivity contribution in [3.05, 3.63) is 28.3 Å². The molecule has 0 unspecified atom stereocenters. The van der Waals surface area contributed by atoms with Crippen LogP contribution in [0.25, 0.3) is 0 Å². The highest BCUT2D eigenvalue weighted by Gasteiger charge is 2.17. The van der Waals surface area contributed by atoms with Crippen LogP contribution in [0.3, 0.4) is 0 Å². The molecular weight excluding hydrogens is 258 g/mol. The predicted molar refractivity (Wildman–Crippen MR) is 84.8 cm³/mol. The van der Waals surface area contributed by atoms with Crippen LogP contribution in [-0.4, -0.2) is 8.07 Å². The average molecular weight is 280 g/mol. The summed E-state index contributed by atoms with van der Waals surface area (Å²) in [5.41, 5.74) is 12.0. The van der Waals surface area contributed by atoms with Crippen LogP contribution >= 0.6 is 11.6 Å². The SMILES string of the molecule is CC(C)(C)c1cc(Cl)c(N)c(C#C[Si](C)(C)C)c1. The summed E-state index contributed by atoms with van der Waals surface area (Å²) in [6.07, 6.45) is 0. The Kier molecular flexibility index (Phi) is 4.20. The summed E-state index contributed by atoms with van der Waals surface area (Å²) in [7, 11) is -1.40. The maximum Gasteiger partial charge on any atom is 0.129 e. The molecule has 98 valence electrons. The van der Waals surface area contributed by atoms with Crippen molar-refractivity contribution in [2.24, 2.45) is 0 Å². The van der Waals surface area contributed by atoms with Gasteiger partial charge >= 0.3 is 0 Å². The van der Waals surface area contributed by atoms with Gasteiger partial charge in [0.15, 0.2) is 0 Å². The van der Waals surface area contributed by atoms with Gasteiger partial charge in [-0.1, -0.05) is 57.9 Å². The fraction of sp³-hybridized carbons (Fsp3) is 0.467. The number of nitrogen functional groups attached to an aromatic ring is 1. The van der Waals surface area contributed by atoms with Gasteiger partial charge in [-0.15, -0.1) is 5.54 Å². The third-order valence-corrected chi connectivity index (χ3v) is 3.76. The minimum atomic E-state index is -1.40. The van der Waals surface area contributed by atoms with Crippen LogP contribution in [0.2, 0.25) is 24.7 Å². The lowest BCUT2D eigenvalue weighted by Crippen LogP contribution is -2.16. The number of hydrogen-bond acceptors (Lipinski definition) is 1. The smallest absolute Gasteiger partial charge is 0.129 e. The number of hydrogen-bond donors (Lipinski definition) is 1. The second kappa shape index (κ2) is 4.99. The molecule has 1 nitrogen and oxygen atoms in total. The molecule has 0 amide bonds. The molecule has 0 spiro atoms. The molecule has 0 fully saturated rings. The standard InChI is InChI=1S/C15H22ClNSi/c1-15(2,3)12-9-11(7-8-18(4,5)6)14(17)13(16)10-12/h9-10H,17H2,1-6H3. The molecule has 0 saturated carbocycles. The summed E-state index contributed by atoms with van der Waals surface area (Å²) in [5.74, 6) is 3.21. The Balaban J connectivity index is 3.35. The molecule has 0 heterocycles. The third-order valence-electron chi connectivity index (χ3n) is 2.57. The van der Waals surface area contributed by atoms with Gasteiger partial charge in [-0.05, 0) is 23.1 Å². The molecule has 1 aromatic rings. The minimum absolute atomic E-state index is 0.0485. The quantitative estimate of drug-likeness (QED) is 0.424. The van der Waals surface area contributed by atoms with Crippen molar-refractivity contribution in [2.75, 3.05) is 5.73 Å². The number of benzene rings is 1. The predicted octanol–water partition coefficient (Wildman–Crippen LogP) is 4.45. The Hall–Kier alpha value is -0.913. The van der Waals surface area contributed by atoms with Gasteiger partial charge < -0.3 is 5.73 Å². The van der Waals surface area contributed by atoms with E-state index in [9.17, 15) is 0 Å². The molecule has 0 atom stereocenters.